The lowest BCUT2D eigenvalue weighted by molar-refractivity contribution is 0.134. The lowest BCUT2D eigenvalue weighted by atomic mass is 9.91. The average molecular weight is 333 g/mol. The zero-order valence-electron chi connectivity index (χ0n) is 14.3. The van der Waals surface area contributed by atoms with Gasteiger partial charge in [0.05, 0.1) is 0 Å². The smallest absolute Gasteiger partial charge is 0.320 e. The van der Waals surface area contributed by atoms with E-state index in [1.807, 2.05) is 4.90 Å². The van der Waals surface area contributed by atoms with Gasteiger partial charge in [-0.3, -0.25) is 0 Å². The van der Waals surface area contributed by atoms with E-state index in [0.29, 0.717) is 11.7 Å². The molecule has 5 heteroatoms. The first-order valence-corrected chi connectivity index (χ1v) is 9.28. The van der Waals surface area contributed by atoms with Crippen molar-refractivity contribution in [1.29, 1.82) is 0 Å². The van der Waals surface area contributed by atoms with Gasteiger partial charge in [0.25, 0.3) is 0 Å². The topological polar surface area (TPSA) is 35.6 Å². The largest absolute Gasteiger partial charge is 0.322 e. The second-order valence-corrected chi connectivity index (χ2v) is 6.97. The van der Waals surface area contributed by atoms with Crippen LogP contribution in [0.4, 0.5) is 14.9 Å². The summed E-state index contributed by atoms with van der Waals surface area (Å²) in [5.41, 5.74) is 0.527. The number of halogens is 1. The number of likely N-dealkylation sites (tertiary alicyclic amines) is 1. The van der Waals surface area contributed by atoms with Crippen LogP contribution in [0.5, 0.6) is 0 Å². The molecule has 1 saturated heterocycles. The summed E-state index contributed by atoms with van der Waals surface area (Å²) in [6.07, 6.45) is 8.52. The van der Waals surface area contributed by atoms with Crippen molar-refractivity contribution in [1.82, 2.24) is 9.80 Å². The molecule has 2 amide bonds. The monoisotopic (exact) mass is 333 g/mol. The molecule has 2 aliphatic rings. The molecule has 1 aromatic rings. The fourth-order valence-electron chi connectivity index (χ4n) is 3.52. The number of nitrogens with one attached hydrogen (secondary N) is 1. The Kier molecular flexibility index (Phi) is 6.07. The lowest BCUT2D eigenvalue weighted by Crippen LogP contribution is -2.49. The van der Waals surface area contributed by atoms with E-state index < -0.39 is 0 Å². The number of carbonyl (C=O) groups is 1. The van der Waals surface area contributed by atoms with E-state index in [1.54, 1.807) is 12.1 Å². The van der Waals surface area contributed by atoms with Crippen molar-refractivity contribution >= 4 is 11.7 Å². The molecule has 0 unspecified atom stereocenters. The van der Waals surface area contributed by atoms with E-state index in [4.69, 9.17) is 0 Å². The second kappa shape index (κ2) is 8.47. The highest BCUT2D eigenvalue weighted by atomic mass is 19.1. The second-order valence-electron chi connectivity index (χ2n) is 6.97. The number of benzene rings is 1. The number of amides is 2. The van der Waals surface area contributed by atoms with E-state index in [2.05, 4.69) is 10.2 Å². The number of hydrogen-bond acceptors (Lipinski definition) is 2. The molecular formula is C19H28FN3O. The highest BCUT2D eigenvalue weighted by Gasteiger charge is 2.29. The van der Waals surface area contributed by atoms with Crippen LogP contribution >= 0.6 is 0 Å². The molecule has 1 saturated carbocycles. The number of urea groups is 1. The van der Waals surface area contributed by atoms with Gasteiger partial charge in [-0.15, -0.1) is 0 Å². The molecule has 0 radical (unpaired) electrons. The molecule has 1 aliphatic carbocycles. The summed E-state index contributed by atoms with van der Waals surface area (Å²) in [4.78, 5) is 17.1. The third-order valence-electron chi connectivity index (χ3n) is 5.21. The molecule has 2 fully saturated rings. The van der Waals surface area contributed by atoms with Crippen LogP contribution in [0.3, 0.4) is 0 Å². The summed E-state index contributed by atoms with van der Waals surface area (Å²) in [6, 6.07) is 6.35. The fraction of sp³-hybridized carbons (Fsp3) is 0.632. The first-order valence-electron chi connectivity index (χ1n) is 9.28. The highest BCUT2D eigenvalue weighted by Crippen LogP contribution is 2.25. The maximum Gasteiger partial charge on any atom is 0.322 e. The van der Waals surface area contributed by atoms with Crippen LogP contribution in [0.1, 0.15) is 44.9 Å². The third kappa shape index (κ3) is 4.69. The van der Waals surface area contributed by atoms with Crippen LogP contribution in [0.25, 0.3) is 0 Å². The Morgan fingerprint density at radius 2 is 1.92 bits per heavy atom. The Morgan fingerprint density at radius 1 is 1.17 bits per heavy atom. The lowest BCUT2D eigenvalue weighted by Gasteiger charge is -2.38. The van der Waals surface area contributed by atoms with Crippen molar-refractivity contribution < 1.29 is 9.18 Å². The van der Waals surface area contributed by atoms with Crippen molar-refractivity contribution in [2.45, 2.75) is 51.0 Å². The molecule has 1 N–H and O–H groups in total. The van der Waals surface area contributed by atoms with E-state index in [1.165, 1.54) is 44.2 Å². The van der Waals surface area contributed by atoms with Gasteiger partial charge < -0.3 is 15.1 Å². The van der Waals surface area contributed by atoms with Gasteiger partial charge >= 0.3 is 6.03 Å². The summed E-state index contributed by atoms with van der Waals surface area (Å²) in [5, 5.41) is 2.86. The van der Waals surface area contributed by atoms with Gasteiger partial charge in [0.1, 0.15) is 5.82 Å². The van der Waals surface area contributed by atoms with Crippen LogP contribution in [0, 0.1) is 5.82 Å². The minimum Gasteiger partial charge on any atom is -0.320 e. The minimum atomic E-state index is -0.326. The van der Waals surface area contributed by atoms with Crippen LogP contribution in [0.2, 0.25) is 0 Å². The predicted octanol–water partition coefficient (Wildman–Crippen LogP) is 4.09. The molecule has 4 nitrogen and oxygen atoms in total. The Bertz CT molecular complexity index is 539. The Morgan fingerprint density at radius 3 is 2.54 bits per heavy atom. The van der Waals surface area contributed by atoms with Gasteiger partial charge in [-0.1, -0.05) is 18.9 Å². The molecule has 132 valence electrons. The summed E-state index contributed by atoms with van der Waals surface area (Å²) in [7, 11) is 0. The molecule has 24 heavy (non-hydrogen) atoms. The van der Waals surface area contributed by atoms with Gasteiger partial charge in [-0.2, -0.15) is 0 Å². The molecular weight excluding hydrogens is 305 g/mol. The highest BCUT2D eigenvalue weighted by molar-refractivity contribution is 5.89. The van der Waals surface area contributed by atoms with Gasteiger partial charge in [-0.25, -0.2) is 9.18 Å². The van der Waals surface area contributed by atoms with E-state index in [0.717, 1.165) is 39.0 Å². The average Bonchev–Trinajstić information content (AvgIpc) is 2.78. The van der Waals surface area contributed by atoms with Crippen molar-refractivity contribution in [3.63, 3.8) is 0 Å². The molecule has 0 spiro atoms. The quantitative estimate of drug-likeness (QED) is 0.881. The third-order valence-corrected chi connectivity index (χ3v) is 5.21. The zero-order valence-corrected chi connectivity index (χ0v) is 14.3. The Hall–Kier alpha value is -1.62. The van der Waals surface area contributed by atoms with E-state index in [9.17, 15) is 9.18 Å². The van der Waals surface area contributed by atoms with E-state index >= 15 is 0 Å². The zero-order chi connectivity index (χ0) is 16.8. The summed E-state index contributed by atoms with van der Waals surface area (Å²) >= 11 is 0. The van der Waals surface area contributed by atoms with Gasteiger partial charge in [0, 0.05) is 24.8 Å². The van der Waals surface area contributed by atoms with Gasteiger partial charge in [0.2, 0.25) is 0 Å². The molecule has 0 bridgehead atoms. The molecule has 1 heterocycles. The minimum absolute atomic E-state index is 0.0971. The Labute approximate surface area is 144 Å². The molecule has 1 aliphatic heterocycles. The number of carbonyl (C=O) groups excluding carboxylic acids is 1. The first kappa shape index (κ1) is 17.2. The number of anilines is 1. The Balaban J connectivity index is 1.57. The number of nitrogens with zero attached hydrogens (tertiary/aromatic N) is 2. The van der Waals surface area contributed by atoms with Crippen molar-refractivity contribution in [2.24, 2.45) is 0 Å². The van der Waals surface area contributed by atoms with Crippen LogP contribution in [0.15, 0.2) is 24.3 Å². The fourth-order valence-corrected chi connectivity index (χ4v) is 3.52. The molecule has 0 atom stereocenters. The standard InChI is InChI=1S/C19H28FN3O/c20-16-7-5-8-17(15-16)21-19(24)23(18-9-6-10-18)14-13-22-11-3-1-2-4-12-22/h5,7-8,15,18H,1-4,6,9-14H2,(H,21,24). The maximum absolute atomic E-state index is 13.3. The summed E-state index contributed by atoms with van der Waals surface area (Å²) in [6.45, 7) is 3.98. The van der Waals surface area contributed by atoms with Crippen LogP contribution in [-0.4, -0.2) is 48.1 Å². The number of rotatable bonds is 5. The van der Waals surface area contributed by atoms with Crippen LogP contribution < -0.4 is 5.32 Å². The van der Waals surface area contributed by atoms with E-state index in [-0.39, 0.29) is 11.8 Å². The molecule has 3 rings (SSSR count). The molecule has 0 aromatic heterocycles. The molecule has 1 aromatic carbocycles. The van der Waals surface area contributed by atoms with Gasteiger partial charge in [0.15, 0.2) is 0 Å². The number of hydrogen-bond donors (Lipinski definition) is 1. The maximum atomic E-state index is 13.3. The summed E-state index contributed by atoms with van der Waals surface area (Å²) in [5.74, 6) is -0.326. The first-order chi connectivity index (χ1) is 11.7. The van der Waals surface area contributed by atoms with Crippen LogP contribution in [-0.2, 0) is 0 Å². The van der Waals surface area contributed by atoms with Gasteiger partial charge in [-0.05, 0) is 63.4 Å². The normalized spacial score (nSPS) is 19.4. The van der Waals surface area contributed by atoms with Crippen molar-refractivity contribution in [3.05, 3.63) is 30.1 Å². The van der Waals surface area contributed by atoms with Crippen molar-refractivity contribution in [3.8, 4) is 0 Å². The SMILES string of the molecule is O=C(Nc1cccc(F)c1)N(CCN1CCCCCC1)C1CCC1. The predicted molar refractivity (Wildman–Crippen MR) is 94.7 cm³/mol. The summed E-state index contributed by atoms with van der Waals surface area (Å²) < 4.78 is 13.3. The van der Waals surface area contributed by atoms with Crippen molar-refractivity contribution in [2.75, 3.05) is 31.5 Å².